The van der Waals surface area contributed by atoms with Crippen LogP contribution in [-0.4, -0.2) is 17.8 Å². The summed E-state index contributed by atoms with van der Waals surface area (Å²) in [4.78, 5) is 3.32. The number of nitrogens with zero attached hydrogens (tertiary/aromatic N) is 1. The van der Waals surface area contributed by atoms with Crippen molar-refractivity contribution in [3.63, 3.8) is 0 Å². The van der Waals surface area contributed by atoms with E-state index in [1.807, 2.05) is 0 Å². The van der Waals surface area contributed by atoms with Crippen LogP contribution in [0.5, 0.6) is 0 Å². The summed E-state index contributed by atoms with van der Waals surface area (Å²) in [5, 5.41) is 7.15. The van der Waals surface area contributed by atoms with Gasteiger partial charge in [0.15, 0.2) is 0 Å². The molecule has 0 aromatic carbocycles. The molecule has 0 spiro atoms. The lowest BCUT2D eigenvalue weighted by Gasteiger charge is -2.06. The number of alkyl halides is 3. The van der Waals surface area contributed by atoms with Gasteiger partial charge < -0.3 is 5.73 Å². The molecule has 0 heterocycles. The summed E-state index contributed by atoms with van der Waals surface area (Å²) in [5.74, 6) is -0.917. The lowest BCUT2D eigenvalue weighted by molar-refractivity contribution is -0.121. The Labute approximate surface area is 74.3 Å². The predicted molar refractivity (Wildman–Crippen MR) is 44.9 cm³/mol. The monoisotopic (exact) mass is 195 g/mol. The Kier molecular flexibility index (Phi) is 3.90. The van der Waals surface area contributed by atoms with Crippen molar-refractivity contribution in [2.24, 2.45) is 16.6 Å². The van der Waals surface area contributed by atoms with E-state index in [2.05, 4.69) is 4.99 Å². The highest BCUT2D eigenvalue weighted by atomic mass is 19.4. The van der Waals surface area contributed by atoms with Gasteiger partial charge in [-0.15, -0.1) is 0 Å². The highest BCUT2D eigenvalue weighted by Crippen LogP contribution is 2.19. The predicted octanol–water partition coefficient (Wildman–Crippen LogP) is 1.93. The maximum absolute atomic E-state index is 11.7. The molecule has 0 aromatic rings. The van der Waals surface area contributed by atoms with E-state index in [1.165, 1.54) is 0 Å². The molecule has 0 radical (unpaired) electrons. The van der Waals surface area contributed by atoms with Gasteiger partial charge in [0.25, 0.3) is 0 Å². The van der Waals surface area contributed by atoms with Gasteiger partial charge in [-0.3, -0.25) is 5.41 Å². The van der Waals surface area contributed by atoms with Crippen molar-refractivity contribution in [3.8, 4) is 0 Å². The molecule has 0 fully saturated rings. The molecule has 0 saturated carbocycles. The smallest absolute Gasteiger partial charge is 0.387 e. The largest absolute Gasteiger partial charge is 0.396 e. The zero-order valence-corrected chi connectivity index (χ0v) is 7.44. The fraction of sp³-hybridized carbons (Fsp3) is 0.714. The van der Waals surface area contributed by atoms with Gasteiger partial charge in [-0.25, -0.2) is 4.99 Å². The standard InChI is InChI=1S/C7H12F3N3/c1-4(2)6(12)13-5(11)3-7(8,9)10/h4H,3H2,1-2H3,(H3,11,12,13). The second-order valence-electron chi connectivity index (χ2n) is 2.94. The van der Waals surface area contributed by atoms with Crippen molar-refractivity contribution in [2.45, 2.75) is 26.4 Å². The topological polar surface area (TPSA) is 62.2 Å². The number of halogens is 3. The van der Waals surface area contributed by atoms with Crippen LogP contribution in [0.2, 0.25) is 0 Å². The fourth-order valence-electron chi connectivity index (χ4n) is 0.529. The first-order valence-corrected chi connectivity index (χ1v) is 3.70. The molecule has 0 aromatic heterocycles. The Hall–Kier alpha value is -1.07. The van der Waals surface area contributed by atoms with E-state index >= 15 is 0 Å². The normalized spacial score (nSPS) is 13.5. The summed E-state index contributed by atoms with van der Waals surface area (Å²) in [7, 11) is 0. The SMILES string of the molecule is CC(C)C(=N)N=C(N)CC(F)(F)F. The molecule has 0 atom stereocenters. The number of nitrogens with two attached hydrogens (primary N) is 1. The molecule has 0 unspecified atom stereocenters. The van der Waals surface area contributed by atoms with Gasteiger partial charge in [0.2, 0.25) is 0 Å². The van der Waals surface area contributed by atoms with Gasteiger partial charge in [0.05, 0.1) is 0 Å². The molecule has 76 valence electrons. The maximum atomic E-state index is 11.7. The summed E-state index contributed by atoms with van der Waals surface area (Å²) < 4.78 is 35.2. The molecular weight excluding hydrogens is 183 g/mol. The Morgan fingerprint density at radius 1 is 1.46 bits per heavy atom. The van der Waals surface area contributed by atoms with Crippen LogP contribution in [0.1, 0.15) is 20.3 Å². The fourth-order valence-corrected chi connectivity index (χ4v) is 0.529. The molecule has 0 aliphatic heterocycles. The minimum absolute atomic E-state index is 0.137. The Bertz CT molecular complexity index is 218. The molecule has 0 saturated heterocycles. The molecule has 0 bridgehead atoms. The highest BCUT2D eigenvalue weighted by molar-refractivity contribution is 5.95. The number of rotatable bonds is 2. The second kappa shape index (κ2) is 4.25. The van der Waals surface area contributed by atoms with Crippen LogP contribution >= 0.6 is 0 Å². The van der Waals surface area contributed by atoms with Gasteiger partial charge in [-0.1, -0.05) is 13.8 Å². The van der Waals surface area contributed by atoms with Gasteiger partial charge in [-0.05, 0) is 0 Å². The minimum atomic E-state index is -4.36. The maximum Gasteiger partial charge on any atom is 0.396 e. The number of nitrogens with one attached hydrogen (secondary N) is 1. The van der Waals surface area contributed by atoms with E-state index in [4.69, 9.17) is 11.1 Å². The van der Waals surface area contributed by atoms with E-state index in [1.54, 1.807) is 13.8 Å². The van der Waals surface area contributed by atoms with E-state index in [9.17, 15) is 13.2 Å². The first kappa shape index (κ1) is 11.9. The lowest BCUT2D eigenvalue weighted by Crippen LogP contribution is -2.23. The molecule has 3 nitrogen and oxygen atoms in total. The van der Waals surface area contributed by atoms with Gasteiger partial charge >= 0.3 is 6.18 Å². The average Bonchev–Trinajstić information content (AvgIpc) is 1.81. The van der Waals surface area contributed by atoms with E-state index in [0.717, 1.165) is 0 Å². The molecule has 0 amide bonds. The first-order valence-electron chi connectivity index (χ1n) is 3.70. The summed E-state index contributed by atoms with van der Waals surface area (Å²) in [6.07, 6.45) is -5.62. The molecule has 0 rings (SSSR count). The molecule has 0 aliphatic rings. The van der Waals surface area contributed by atoms with Crippen LogP contribution < -0.4 is 5.73 Å². The van der Waals surface area contributed by atoms with Crippen molar-refractivity contribution in [1.82, 2.24) is 0 Å². The third-order valence-electron chi connectivity index (χ3n) is 1.19. The average molecular weight is 195 g/mol. The van der Waals surface area contributed by atoms with Crippen LogP contribution in [0.15, 0.2) is 4.99 Å². The summed E-state index contributed by atoms with van der Waals surface area (Å²) >= 11 is 0. The van der Waals surface area contributed by atoms with Crippen molar-refractivity contribution in [2.75, 3.05) is 0 Å². The van der Waals surface area contributed by atoms with E-state index in [0.29, 0.717) is 0 Å². The van der Waals surface area contributed by atoms with Gasteiger partial charge in [-0.2, -0.15) is 13.2 Å². The van der Waals surface area contributed by atoms with Crippen LogP contribution in [0.4, 0.5) is 13.2 Å². The van der Waals surface area contributed by atoms with Crippen molar-refractivity contribution in [1.29, 1.82) is 5.41 Å². The molecule has 6 heteroatoms. The van der Waals surface area contributed by atoms with Crippen LogP contribution in [0, 0.1) is 11.3 Å². The molecule has 3 N–H and O–H groups in total. The van der Waals surface area contributed by atoms with Crippen LogP contribution in [0.3, 0.4) is 0 Å². The minimum Gasteiger partial charge on any atom is -0.387 e. The zero-order chi connectivity index (χ0) is 10.6. The van der Waals surface area contributed by atoms with Crippen molar-refractivity contribution in [3.05, 3.63) is 0 Å². The second-order valence-corrected chi connectivity index (χ2v) is 2.94. The molecule has 13 heavy (non-hydrogen) atoms. The number of hydrogen-bond donors (Lipinski definition) is 2. The third-order valence-corrected chi connectivity index (χ3v) is 1.19. The highest BCUT2D eigenvalue weighted by Gasteiger charge is 2.28. The quantitative estimate of drug-likeness (QED) is 0.513. The molecule has 0 aliphatic carbocycles. The third kappa shape index (κ3) is 6.12. The lowest BCUT2D eigenvalue weighted by atomic mass is 10.2. The summed E-state index contributed by atoms with van der Waals surface area (Å²) in [6.45, 7) is 3.32. The molecular formula is C7H12F3N3. The number of hydrogen-bond acceptors (Lipinski definition) is 1. The Balaban J connectivity index is 4.26. The summed E-state index contributed by atoms with van der Waals surface area (Å²) in [5.41, 5.74) is 4.99. The first-order chi connectivity index (χ1) is 5.72. The van der Waals surface area contributed by atoms with Crippen molar-refractivity contribution >= 4 is 11.7 Å². The zero-order valence-electron chi connectivity index (χ0n) is 7.44. The van der Waals surface area contributed by atoms with Crippen LogP contribution in [0.25, 0.3) is 0 Å². The van der Waals surface area contributed by atoms with E-state index in [-0.39, 0.29) is 11.8 Å². The Morgan fingerprint density at radius 3 is 2.23 bits per heavy atom. The van der Waals surface area contributed by atoms with Crippen LogP contribution in [-0.2, 0) is 0 Å². The van der Waals surface area contributed by atoms with Gasteiger partial charge in [0, 0.05) is 5.92 Å². The van der Waals surface area contributed by atoms with Gasteiger partial charge in [0.1, 0.15) is 18.1 Å². The van der Waals surface area contributed by atoms with E-state index < -0.39 is 18.4 Å². The number of aliphatic imine (C=N–C) groups is 1. The van der Waals surface area contributed by atoms with Crippen molar-refractivity contribution < 1.29 is 13.2 Å². The number of amidine groups is 2. The summed E-state index contributed by atoms with van der Waals surface area (Å²) in [6, 6.07) is 0. The Morgan fingerprint density at radius 2 is 1.92 bits per heavy atom.